The minimum Gasteiger partial charge on any atom is -0.502 e. The molecule has 0 radical (unpaired) electrons. The number of amides is 1. The number of nitrogens with zero attached hydrogens (tertiary/aromatic N) is 1. The van der Waals surface area contributed by atoms with Gasteiger partial charge in [0.25, 0.3) is 5.91 Å². The highest BCUT2D eigenvalue weighted by Crippen LogP contribution is 2.44. The van der Waals surface area contributed by atoms with Crippen molar-refractivity contribution in [2.24, 2.45) is 0 Å². The van der Waals surface area contributed by atoms with Crippen LogP contribution in [-0.2, 0) is 14.6 Å². The summed E-state index contributed by atoms with van der Waals surface area (Å²) in [4.78, 5) is 13.6. The third-order valence-electron chi connectivity index (χ3n) is 4.79. The Morgan fingerprint density at radius 1 is 0.900 bits per heavy atom. The van der Waals surface area contributed by atoms with Crippen LogP contribution in [0.5, 0.6) is 0 Å². The molecule has 0 spiro atoms. The number of halogens is 2. The lowest BCUT2D eigenvalue weighted by Crippen LogP contribution is -2.31. The van der Waals surface area contributed by atoms with Gasteiger partial charge in [0, 0.05) is 10.7 Å². The largest absolute Gasteiger partial charge is 0.502 e. The van der Waals surface area contributed by atoms with Crippen LogP contribution >= 0.6 is 11.6 Å². The normalized spacial score (nSPS) is 16.9. The Kier molecular flexibility index (Phi) is 5.09. The second-order valence-electron chi connectivity index (χ2n) is 6.64. The quantitative estimate of drug-likeness (QED) is 0.627. The van der Waals surface area contributed by atoms with Gasteiger partial charge in [-0.1, -0.05) is 41.9 Å². The van der Waals surface area contributed by atoms with E-state index in [2.05, 4.69) is 0 Å². The zero-order chi connectivity index (χ0) is 21.5. The van der Waals surface area contributed by atoms with Crippen LogP contribution < -0.4 is 4.90 Å². The fourth-order valence-corrected chi connectivity index (χ4v) is 5.17. The fraction of sp³-hybridized carbons (Fsp3) is 0.0455. The number of rotatable bonds is 4. The number of benzene rings is 3. The first kappa shape index (κ1) is 20.1. The SMILES string of the molecule is O=C1C(O)=C(S(=O)(=O)c2ccccc2)[C@@H](c2ccc(F)cc2)N1c1ccc(Cl)cc1. The van der Waals surface area contributed by atoms with Gasteiger partial charge < -0.3 is 5.11 Å². The van der Waals surface area contributed by atoms with Crippen molar-refractivity contribution < 1.29 is 22.7 Å². The summed E-state index contributed by atoms with van der Waals surface area (Å²) in [5, 5.41) is 11.1. The Morgan fingerprint density at radius 2 is 1.50 bits per heavy atom. The van der Waals surface area contributed by atoms with Crippen LogP contribution in [0.25, 0.3) is 0 Å². The van der Waals surface area contributed by atoms with Gasteiger partial charge in [-0.15, -0.1) is 0 Å². The third-order valence-corrected chi connectivity index (χ3v) is 6.94. The highest BCUT2D eigenvalue weighted by molar-refractivity contribution is 7.95. The average molecular weight is 444 g/mol. The maximum Gasteiger partial charge on any atom is 0.295 e. The second kappa shape index (κ2) is 7.59. The third kappa shape index (κ3) is 3.36. The molecule has 1 amide bonds. The van der Waals surface area contributed by atoms with Gasteiger partial charge in [-0.3, -0.25) is 9.69 Å². The molecule has 0 saturated heterocycles. The molecule has 0 aromatic heterocycles. The first-order chi connectivity index (χ1) is 14.3. The molecule has 3 aromatic carbocycles. The van der Waals surface area contributed by atoms with Crippen molar-refractivity contribution in [1.82, 2.24) is 0 Å². The highest BCUT2D eigenvalue weighted by atomic mass is 35.5. The van der Waals surface area contributed by atoms with Crippen molar-refractivity contribution in [3.05, 3.63) is 106 Å². The Bertz CT molecular complexity index is 1240. The standard InChI is InChI=1S/C22H15ClFNO4S/c23-15-8-12-17(13-9-15)25-19(14-6-10-16(24)11-7-14)21(20(26)22(25)27)30(28,29)18-4-2-1-3-5-18/h1-13,19,26H/t19-/m1/s1. The van der Waals surface area contributed by atoms with Crippen molar-refractivity contribution in [3.63, 3.8) is 0 Å². The summed E-state index contributed by atoms with van der Waals surface area (Å²) in [6.07, 6.45) is 0. The lowest BCUT2D eigenvalue weighted by molar-refractivity contribution is -0.117. The number of carbonyl (C=O) groups excluding carboxylic acids is 1. The predicted octanol–water partition coefficient (Wildman–Crippen LogP) is 4.81. The molecule has 3 aromatic rings. The molecule has 30 heavy (non-hydrogen) atoms. The van der Waals surface area contributed by atoms with E-state index >= 15 is 0 Å². The van der Waals surface area contributed by atoms with E-state index in [1.54, 1.807) is 42.5 Å². The van der Waals surface area contributed by atoms with Crippen molar-refractivity contribution in [2.75, 3.05) is 4.90 Å². The summed E-state index contributed by atoms with van der Waals surface area (Å²) in [5.74, 6) is -2.26. The van der Waals surface area contributed by atoms with E-state index in [1.807, 2.05) is 0 Å². The summed E-state index contributed by atoms with van der Waals surface area (Å²) >= 11 is 5.93. The molecule has 1 aliphatic rings. The highest BCUT2D eigenvalue weighted by Gasteiger charge is 2.47. The van der Waals surface area contributed by atoms with Gasteiger partial charge in [0.2, 0.25) is 9.84 Å². The Morgan fingerprint density at radius 3 is 2.10 bits per heavy atom. The van der Waals surface area contributed by atoms with Crippen molar-refractivity contribution >= 4 is 33.0 Å². The summed E-state index contributed by atoms with van der Waals surface area (Å²) in [5.41, 5.74) is 0.668. The zero-order valence-electron chi connectivity index (χ0n) is 15.4. The number of hydrogen-bond acceptors (Lipinski definition) is 4. The number of hydrogen-bond donors (Lipinski definition) is 1. The second-order valence-corrected chi connectivity index (χ2v) is 8.99. The van der Waals surface area contributed by atoms with Crippen LogP contribution in [0.3, 0.4) is 0 Å². The first-order valence-corrected chi connectivity index (χ1v) is 10.7. The molecule has 0 fully saturated rings. The number of anilines is 1. The van der Waals surface area contributed by atoms with Crippen molar-refractivity contribution in [2.45, 2.75) is 10.9 Å². The molecule has 152 valence electrons. The average Bonchev–Trinajstić information content (AvgIpc) is 3.01. The number of aliphatic hydroxyl groups excluding tert-OH is 1. The van der Waals surface area contributed by atoms with E-state index in [0.717, 1.165) is 4.90 Å². The van der Waals surface area contributed by atoms with E-state index in [0.29, 0.717) is 16.3 Å². The van der Waals surface area contributed by atoms with E-state index in [4.69, 9.17) is 11.6 Å². The molecular weight excluding hydrogens is 429 g/mol. The molecule has 1 atom stereocenters. The van der Waals surface area contributed by atoms with Crippen LogP contribution in [-0.4, -0.2) is 19.4 Å². The first-order valence-electron chi connectivity index (χ1n) is 8.88. The minimum atomic E-state index is -4.23. The molecule has 1 aliphatic heterocycles. The molecule has 0 aliphatic carbocycles. The van der Waals surface area contributed by atoms with Gasteiger partial charge in [0.15, 0.2) is 5.76 Å². The number of aliphatic hydroxyl groups is 1. The lowest BCUT2D eigenvalue weighted by atomic mass is 10.1. The lowest BCUT2D eigenvalue weighted by Gasteiger charge is -2.27. The molecule has 5 nitrogen and oxygen atoms in total. The molecule has 1 heterocycles. The van der Waals surface area contributed by atoms with Crippen LogP contribution in [0.2, 0.25) is 5.02 Å². The van der Waals surface area contributed by atoms with E-state index in [9.17, 15) is 22.7 Å². The Labute approximate surface area is 177 Å². The molecule has 8 heteroatoms. The fourth-order valence-electron chi connectivity index (χ4n) is 3.40. The minimum absolute atomic E-state index is 0.0654. The van der Waals surface area contributed by atoms with Crippen LogP contribution in [0.4, 0.5) is 10.1 Å². The molecule has 4 rings (SSSR count). The van der Waals surface area contributed by atoms with Crippen molar-refractivity contribution in [3.8, 4) is 0 Å². The molecular formula is C22H15ClFNO4S. The predicted molar refractivity (Wildman–Crippen MR) is 111 cm³/mol. The van der Waals surface area contributed by atoms with Crippen LogP contribution in [0.15, 0.2) is 94.4 Å². The summed E-state index contributed by atoms with van der Waals surface area (Å²) in [7, 11) is -4.23. The molecule has 1 N–H and O–H groups in total. The molecule has 0 unspecified atom stereocenters. The van der Waals surface area contributed by atoms with Gasteiger partial charge in [-0.05, 0) is 54.1 Å². The van der Waals surface area contributed by atoms with Gasteiger partial charge >= 0.3 is 0 Å². The molecule has 0 saturated carbocycles. The van der Waals surface area contributed by atoms with Crippen molar-refractivity contribution in [1.29, 1.82) is 0 Å². The number of carbonyl (C=O) groups is 1. The van der Waals surface area contributed by atoms with Gasteiger partial charge in [0.05, 0.1) is 4.90 Å². The Hall–Kier alpha value is -3.16. The number of sulfone groups is 1. The summed E-state index contributed by atoms with van der Waals surface area (Å²) in [6.45, 7) is 0. The van der Waals surface area contributed by atoms with Gasteiger partial charge in [0.1, 0.15) is 16.8 Å². The summed E-state index contributed by atoms with van der Waals surface area (Å²) in [6, 6.07) is 17.6. The van der Waals surface area contributed by atoms with Gasteiger partial charge in [-0.25, -0.2) is 12.8 Å². The maximum absolute atomic E-state index is 13.5. The van der Waals surface area contributed by atoms with Crippen LogP contribution in [0.1, 0.15) is 11.6 Å². The smallest absolute Gasteiger partial charge is 0.295 e. The molecule has 0 bridgehead atoms. The monoisotopic (exact) mass is 443 g/mol. The van der Waals surface area contributed by atoms with E-state index < -0.39 is 38.3 Å². The summed E-state index contributed by atoms with van der Waals surface area (Å²) < 4.78 is 40.3. The van der Waals surface area contributed by atoms with E-state index in [1.165, 1.54) is 36.4 Å². The maximum atomic E-state index is 13.5. The van der Waals surface area contributed by atoms with E-state index in [-0.39, 0.29) is 4.90 Å². The van der Waals surface area contributed by atoms with Crippen LogP contribution in [0, 0.1) is 5.82 Å². The zero-order valence-corrected chi connectivity index (χ0v) is 16.9. The Balaban J connectivity index is 1.94. The van der Waals surface area contributed by atoms with Gasteiger partial charge in [-0.2, -0.15) is 0 Å². The topological polar surface area (TPSA) is 74.7 Å².